The molecule has 3 rings (SSSR count). The van der Waals surface area contributed by atoms with Crippen molar-refractivity contribution in [2.24, 2.45) is 0 Å². The van der Waals surface area contributed by atoms with E-state index in [-0.39, 0.29) is 5.91 Å². The molecule has 1 saturated heterocycles. The number of nitrogens with zero attached hydrogens (tertiary/aromatic N) is 2. The van der Waals surface area contributed by atoms with E-state index in [0.717, 1.165) is 36.8 Å². The maximum atomic E-state index is 12.5. The number of hydrogen-bond donors (Lipinski definition) is 0. The molecule has 0 atom stereocenters. The van der Waals surface area contributed by atoms with Gasteiger partial charge >= 0.3 is 0 Å². The number of halogens is 1. The van der Waals surface area contributed by atoms with Crippen LogP contribution in [0.15, 0.2) is 30.3 Å². The molecule has 0 spiro atoms. The number of rotatable bonds is 1. The number of carbonyl (C=O) groups is 1. The Labute approximate surface area is 110 Å². The number of benzene rings is 1. The summed E-state index contributed by atoms with van der Waals surface area (Å²) in [5.74, 6) is 0.0630. The van der Waals surface area contributed by atoms with Crippen molar-refractivity contribution >= 4 is 28.4 Å². The molecule has 2 heterocycles. The summed E-state index contributed by atoms with van der Waals surface area (Å²) in [7, 11) is 0. The standard InChI is InChI=1S/C14H13ClN2O/c15-13-9-11(14(18)17-7-3-4-8-17)10-5-1-2-6-12(10)16-13/h1-2,5-6,9H,3-4,7-8H2. The van der Waals surface area contributed by atoms with Crippen LogP contribution in [-0.4, -0.2) is 28.9 Å². The Balaban J connectivity index is 2.12. The predicted molar refractivity (Wildman–Crippen MR) is 71.9 cm³/mol. The zero-order valence-electron chi connectivity index (χ0n) is 9.90. The van der Waals surface area contributed by atoms with Crippen LogP contribution < -0.4 is 0 Å². The van der Waals surface area contributed by atoms with E-state index in [1.165, 1.54) is 0 Å². The summed E-state index contributed by atoms with van der Waals surface area (Å²) in [6.45, 7) is 1.68. The highest BCUT2D eigenvalue weighted by atomic mass is 35.5. The number of amides is 1. The second-order valence-corrected chi connectivity index (χ2v) is 4.90. The maximum absolute atomic E-state index is 12.5. The average Bonchev–Trinajstić information content (AvgIpc) is 2.90. The van der Waals surface area contributed by atoms with Crippen LogP contribution in [-0.2, 0) is 0 Å². The van der Waals surface area contributed by atoms with Crippen molar-refractivity contribution in [1.29, 1.82) is 0 Å². The molecule has 18 heavy (non-hydrogen) atoms. The number of pyridine rings is 1. The topological polar surface area (TPSA) is 33.2 Å². The van der Waals surface area contributed by atoms with Crippen molar-refractivity contribution in [3.05, 3.63) is 41.0 Å². The molecular formula is C14H13ClN2O. The molecule has 1 aliphatic rings. The van der Waals surface area contributed by atoms with Crippen LogP contribution in [0.2, 0.25) is 5.15 Å². The number of fused-ring (bicyclic) bond motifs is 1. The van der Waals surface area contributed by atoms with Gasteiger partial charge in [0.15, 0.2) is 0 Å². The highest BCUT2D eigenvalue weighted by molar-refractivity contribution is 6.30. The molecule has 1 aromatic carbocycles. The summed E-state index contributed by atoms with van der Waals surface area (Å²) >= 11 is 5.99. The Morgan fingerprint density at radius 2 is 1.94 bits per heavy atom. The summed E-state index contributed by atoms with van der Waals surface area (Å²) in [6.07, 6.45) is 2.17. The molecule has 0 N–H and O–H groups in total. The highest BCUT2D eigenvalue weighted by Gasteiger charge is 2.21. The van der Waals surface area contributed by atoms with Crippen molar-refractivity contribution in [2.45, 2.75) is 12.8 Å². The summed E-state index contributed by atoms with van der Waals surface area (Å²) in [4.78, 5) is 18.6. The zero-order valence-corrected chi connectivity index (χ0v) is 10.7. The normalized spacial score (nSPS) is 15.3. The Morgan fingerprint density at radius 3 is 2.72 bits per heavy atom. The fourth-order valence-corrected chi connectivity index (χ4v) is 2.61. The first-order valence-electron chi connectivity index (χ1n) is 6.10. The van der Waals surface area contributed by atoms with Gasteiger partial charge in [0.05, 0.1) is 11.1 Å². The Morgan fingerprint density at radius 1 is 1.22 bits per heavy atom. The molecule has 4 heteroatoms. The van der Waals surface area contributed by atoms with Gasteiger partial charge < -0.3 is 4.90 Å². The van der Waals surface area contributed by atoms with Crippen molar-refractivity contribution in [2.75, 3.05) is 13.1 Å². The number of hydrogen-bond acceptors (Lipinski definition) is 2. The van der Waals surface area contributed by atoms with Gasteiger partial charge in [0, 0.05) is 18.5 Å². The quantitative estimate of drug-likeness (QED) is 0.738. The fraction of sp³-hybridized carbons (Fsp3) is 0.286. The van der Waals surface area contributed by atoms with E-state index in [2.05, 4.69) is 4.98 Å². The third-order valence-electron chi connectivity index (χ3n) is 3.31. The van der Waals surface area contributed by atoms with Gasteiger partial charge in [0.2, 0.25) is 0 Å². The maximum Gasteiger partial charge on any atom is 0.254 e. The molecule has 92 valence electrons. The first-order chi connectivity index (χ1) is 8.75. The minimum Gasteiger partial charge on any atom is -0.339 e. The summed E-state index contributed by atoms with van der Waals surface area (Å²) < 4.78 is 0. The van der Waals surface area contributed by atoms with Crippen molar-refractivity contribution in [3.8, 4) is 0 Å². The lowest BCUT2D eigenvalue weighted by atomic mass is 10.1. The van der Waals surface area contributed by atoms with E-state index in [1.807, 2.05) is 29.2 Å². The van der Waals surface area contributed by atoms with E-state index >= 15 is 0 Å². The van der Waals surface area contributed by atoms with Crippen LogP contribution in [0.25, 0.3) is 10.9 Å². The SMILES string of the molecule is O=C(c1cc(Cl)nc2ccccc12)N1CCCC1. The van der Waals surface area contributed by atoms with Crippen LogP contribution in [0.4, 0.5) is 0 Å². The van der Waals surface area contributed by atoms with Crippen molar-refractivity contribution < 1.29 is 4.79 Å². The van der Waals surface area contributed by atoms with E-state index in [4.69, 9.17) is 11.6 Å². The zero-order chi connectivity index (χ0) is 12.5. The molecule has 1 aromatic heterocycles. The van der Waals surface area contributed by atoms with Gasteiger partial charge in [-0.1, -0.05) is 29.8 Å². The second kappa shape index (κ2) is 4.58. The van der Waals surface area contributed by atoms with Gasteiger partial charge in [-0.2, -0.15) is 0 Å². The molecule has 0 radical (unpaired) electrons. The van der Waals surface area contributed by atoms with Crippen LogP contribution in [0, 0.1) is 0 Å². The van der Waals surface area contributed by atoms with Crippen LogP contribution in [0.1, 0.15) is 23.2 Å². The van der Waals surface area contributed by atoms with Gasteiger partial charge in [-0.3, -0.25) is 4.79 Å². The van der Waals surface area contributed by atoms with Gasteiger partial charge in [-0.05, 0) is 25.0 Å². The lowest BCUT2D eigenvalue weighted by Gasteiger charge is -2.16. The van der Waals surface area contributed by atoms with Gasteiger partial charge in [-0.25, -0.2) is 4.98 Å². The Hall–Kier alpha value is -1.61. The molecule has 2 aromatic rings. The number of para-hydroxylation sites is 1. The molecule has 0 saturated carbocycles. The molecule has 1 amide bonds. The molecule has 0 aliphatic carbocycles. The molecule has 3 nitrogen and oxygen atoms in total. The lowest BCUT2D eigenvalue weighted by molar-refractivity contribution is 0.0794. The predicted octanol–water partition coefficient (Wildman–Crippen LogP) is 3.12. The summed E-state index contributed by atoms with van der Waals surface area (Å²) in [5.41, 5.74) is 1.43. The molecule has 1 fully saturated rings. The van der Waals surface area contributed by atoms with E-state index in [9.17, 15) is 4.79 Å². The van der Waals surface area contributed by atoms with Crippen LogP contribution >= 0.6 is 11.6 Å². The highest BCUT2D eigenvalue weighted by Crippen LogP contribution is 2.23. The number of aromatic nitrogens is 1. The minimum atomic E-state index is 0.0630. The van der Waals surface area contributed by atoms with Gasteiger partial charge in [0.1, 0.15) is 5.15 Å². The van der Waals surface area contributed by atoms with Crippen LogP contribution in [0.3, 0.4) is 0 Å². The lowest BCUT2D eigenvalue weighted by Crippen LogP contribution is -2.27. The fourth-order valence-electron chi connectivity index (χ4n) is 2.41. The smallest absolute Gasteiger partial charge is 0.254 e. The monoisotopic (exact) mass is 260 g/mol. The first-order valence-corrected chi connectivity index (χ1v) is 6.48. The van der Waals surface area contributed by atoms with E-state index < -0.39 is 0 Å². The molecule has 0 bridgehead atoms. The van der Waals surface area contributed by atoms with Gasteiger partial charge in [0.25, 0.3) is 5.91 Å². The van der Waals surface area contributed by atoms with Crippen molar-refractivity contribution in [3.63, 3.8) is 0 Å². The third kappa shape index (κ3) is 1.95. The van der Waals surface area contributed by atoms with Crippen molar-refractivity contribution in [1.82, 2.24) is 9.88 Å². The Kier molecular flexibility index (Phi) is 2.92. The third-order valence-corrected chi connectivity index (χ3v) is 3.50. The average molecular weight is 261 g/mol. The first kappa shape index (κ1) is 11.5. The minimum absolute atomic E-state index is 0.0630. The molecule has 0 unspecified atom stereocenters. The van der Waals surface area contributed by atoms with E-state index in [0.29, 0.717) is 10.7 Å². The molecule has 1 aliphatic heterocycles. The van der Waals surface area contributed by atoms with E-state index in [1.54, 1.807) is 6.07 Å². The molecular weight excluding hydrogens is 248 g/mol. The number of carbonyl (C=O) groups excluding carboxylic acids is 1. The largest absolute Gasteiger partial charge is 0.339 e. The van der Waals surface area contributed by atoms with Gasteiger partial charge in [-0.15, -0.1) is 0 Å². The Bertz CT molecular complexity index is 606. The second-order valence-electron chi connectivity index (χ2n) is 4.51. The number of likely N-dealkylation sites (tertiary alicyclic amines) is 1. The summed E-state index contributed by atoms with van der Waals surface area (Å²) in [6, 6.07) is 9.28. The van der Waals surface area contributed by atoms with Crippen LogP contribution in [0.5, 0.6) is 0 Å². The summed E-state index contributed by atoms with van der Waals surface area (Å²) in [5, 5.41) is 1.25.